The SMILES string of the molecule is COC(=O)c1ccc(-c2ccccc2)cc1NC(=O)c1cc(OCCN2CCN(CCCO)CC2)ccc1O. The number of hydrogen-bond donors (Lipinski definition) is 3. The Kier molecular flexibility index (Phi) is 9.91. The summed E-state index contributed by atoms with van der Waals surface area (Å²) in [5.74, 6) is -0.892. The van der Waals surface area contributed by atoms with Gasteiger partial charge in [-0.1, -0.05) is 36.4 Å². The van der Waals surface area contributed by atoms with Crippen LogP contribution in [0, 0.1) is 0 Å². The van der Waals surface area contributed by atoms with Crippen molar-refractivity contribution >= 4 is 17.6 Å². The Morgan fingerprint density at radius 3 is 2.28 bits per heavy atom. The van der Waals surface area contributed by atoms with Crippen LogP contribution in [0.25, 0.3) is 11.1 Å². The molecule has 1 saturated heterocycles. The number of rotatable bonds is 11. The molecule has 0 aliphatic carbocycles. The summed E-state index contributed by atoms with van der Waals surface area (Å²) >= 11 is 0. The molecule has 39 heavy (non-hydrogen) atoms. The molecule has 0 spiro atoms. The first kappa shape index (κ1) is 28.1. The van der Waals surface area contributed by atoms with Gasteiger partial charge in [0.1, 0.15) is 18.1 Å². The number of benzene rings is 3. The minimum atomic E-state index is -0.583. The van der Waals surface area contributed by atoms with Crippen LogP contribution in [0.1, 0.15) is 27.1 Å². The first-order chi connectivity index (χ1) is 19.0. The molecule has 3 N–H and O–H groups in total. The molecule has 0 radical (unpaired) electrons. The summed E-state index contributed by atoms with van der Waals surface area (Å²) < 4.78 is 10.8. The number of aliphatic hydroxyl groups excluding tert-OH is 1. The van der Waals surface area contributed by atoms with E-state index >= 15 is 0 Å². The minimum Gasteiger partial charge on any atom is -0.507 e. The number of carbonyl (C=O) groups is 2. The molecule has 0 unspecified atom stereocenters. The molecule has 1 aliphatic heterocycles. The molecule has 0 aromatic heterocycles. The second-order valence-corrected chi connectivity index (χ2v) is 9.36. The smallest absolute Gasteiger partial charge is 0.339 e. The molecule has 9 heteroatoms. The largest absolute Gasteiger partial charge is 0.507 e. The Morgan fingerprint density at radius 1 is 0.872 bits per heavy atom. The van der Waals surface area contributed by atoms with E-state index in [2.05, 4.69) is 15.1 Å². The van der Waals surface area contributed by atoms with Gasteiger partial charge in [0.15, 0.2) is 0 Å². The third-order valence-electron chi connectivity index (χ3n) is 6.77. The second-order valence-electron chi connectivity index (χ2n) is 9.36. The van der Waals surface area contributed by atoms with Crippen molar-refractivity contribution in [3.8, 4) is 22.6 Å². The molecule has 1 aliphatic rings. The van der Waals surface area contributed by atoms with Crippen molar-refractivity contribution in [2.75, 3.05) is 64.9 Å². The van der Waals surface area contributed by atoms with E-state index in [1.54, 1.807) is 24.3 Å². The van der Waals surface area contributed by atoms with Gasteiger partial charge in [0.05, 0.1) is 23.9 Å². The highest BCUT2D eigenvalue weighted by Crippen LogP contribution is 2.29. The van der Waals surface area contributed by atoms with Crippen LogP contribution in [0.15, 0.2) is 66.7 Å². The minimum absolute atomic E-state index is 0.0333. The van der Waals surface area contributed by atoms with E-state index in [9.17, 15) is 14.7 Å². The highest BCUT2D eigenvalue weighted by Gasteiger charge is 2.19. The maximum Gasteiger partial charge on any atom is 0.339 e. The number of anilines is 1. The number of nitrogens with one attached hydrogen (secondary N) is 1. The molecule has 1 heterocycles. The number of phenolic OH excluding ortho intramolecular Hbond substituents is 1. The van der Waals surface area contributed by atoms with Crippen molar-refractivity contribution < 1.29 is 29.3 Å². The van der Waals surface area contributed by atoms with Crippen molar-refractivity contribution in [1.29, 1.82) is 0 Å². The van der Waals surface area contributed by atoms with E-state index in [-0.39, 0.29) is 29.2 Å². The Hall–Kier alpha value is -3.92. The fourth-order valence-electron chi connectivity index (χ4n) is 4.55. The molecule has 206 valence electrons. The topological polar surface area (TPSA) is 112 Å². The number of aliphatic hydroxyl groups is 1. The fourth-order valence-corrected chi connectivity index (χ4v) is 4.55. The number of nitrogens with zero attached hydrogens (tertiary/aromatic N) is 2. The van der Waals surface area contributed by atoms with Gasteiger partial charge in [-0.15, -0.1) is 0 Å². The molecule has 0 atom stereocenters. The number of ether oxygens (including phenoxy) is 2. The third-order valence-corrected chi connectivity index (χ3v) is 6.77. The highest BCUT2D eigenvalue weighted by atomic mass is 16.5. The number of aromatic hydroxyl groups is 1. The van der Waals surface area contributed by atoms with Crippen LogP contribution >= 0.6 is 0 Å². The molecular weight excluding hydrogens is 498 g/mol. The van der Waals surface area contributed by atoms with Crippen LogP contribution in [0.2, 0.25) is 0 Å². The number of piperazine rings is 1. The number of phenols is 1. The van der Waals surface area contributed by atoms with Gasteiger partial charge in [-0.05, 0) is 47.9 Å². The zero-order chi connectivity index (χ0) is 27.6. The number of amides is 1. The maximum absolute atomic E-state index is 13.2. The van der Waals surface area contributed by atoms with Gasteiger partial charge < -0.3 is 29.9 Å². The molecule has 0 saturated carbocycles. The quantitative estimate of drug-likeness (QED) is 0.321. The number of esters is 1. The monoisotopic (exact) mass is 533 g/mol. The van der Waals surface area contributed by atoms with E-state index < -0.39 is 11.9 Å². The van der Waals surface area contributed by atoms with Crippen molar-refractivity contribution in [2.45, 2.75) is 6.42 Å². The fraction of sp³-hybridized carbons (Fsp3) is 0.333. The van der Waals surface area contributed by atoms with Crippen LogP contribution in [-0.4, -0.2) is 91.5 Å². The molecule has 3 aromatic rings. The van der Waals surface area contributed by atoms with Gasteiger partial charge in [-0.3, -0.25) is 9.69 Å². The van der Waals surface area contributed by atoms with Crippen LogP contribution in [0.4, 0.5) is 5.69 Å². The Morgan fingerprint density at radius 2 is 1.59 bits per heavy atom. The normalized spacial score (nSPS) is 14.1. The van der Waals surface area contributed by atoms with Crippen LogP contribution in [0.3, 0.4) is 0 Å². The number of hydrogen-bond acceptors (Lipinski definition) is 8. The molecule has 1 amide bonds. The standard InChI is InChI=1S/C30H35N3O6/c1-38-30(37)25-10-8-23(22-6-3-2-4-7-22)20-27(25)31-29(36)26-21-24(9-11-28(26)35)39-19-17-33-15-13-32(14-16-33)12-5-18-34/h2-4,6-11,20-21,34-35H,5,12-19H2,1H3,(H,31,36). The van der Waals surface area contributed by atoms with Gasteiger partial charge in [-0.25, -0.2) is 4.79 Å². The Labute approximate surface area is 228 Å². The average molecular weight is 534 g/mol. The summed E-state index contributed by atoms with van der Waals surface area (Å²) in [6.45, 7) is 6.10. The van der Waals surface area contributed by atoms with Crippen LogP contribution < -0.4 is 10.1 Å². The van der Waals surface area contributed by atoms with Crippen molar-refractivity contribution in [3.63, 3.8) is 0 Å². The lowest BCUT2D eigenvalue weighted by atomic mass is 10.0. The maximum atomic E-state index is 13.2. The van der Waals surface area contributed by atoms with Crippen LogP contribution in [0.5, 0.6) is 11.5 Å². The molecule has 0 bridgehead atoms. The third kappa shape index (κ3) is 7.57. The Bertz CT molecular complexity index is 1260. The summed E-state index contributed by atoms with van der Waals surface area (Å²) in [5.41, 5.74) is 2.25. The van der Waals surface area contributed by atoms with Crippen molar-refractivity contribution in [3.05, 3.63) is 77.9 Å². The van der Waals surface area contributed by atoms with Crippen molar-refractivity contribution in [1.82, 2.24) is 9.80 Å². The molecular formula is C30H35N3O6. The lowest BCUT2D eigenvalue weighted by Crippen LogP contribution is -2.47. The van der Waals surface area contributed by atoms with E-state index in [4.69, 9.17) is 14.6 Å². The van der Waals surface area contributed by atoms with E-state index in [0.717, 1.165) is 56.8 Å². The van der Waals surface area contributed by atoms with Gasteiger partial charge >= 0.3 is 5.97 Å². The summed E-state index contributed by atoms with van der Waals surface area (Å²) in [6, 6.07) is 19.2. The second kappa shape index (κ2) is 13.7. The zero-order valence-electron chi connectivity index (χ0n) is 22.1. The first-order valence-electron chi connectivity index (χ1n) is 13.1. The van der Waals surface area contributed by atoms with Gasteiger partial charge in [0.25, 0.3) is 5.91 Å². The summed E-state index contributed by atoms with van der Waals surface area (Å²) in [4.78, 5) is 30.3. The van der Waals surface area contributed by atoms with Gasteiger partial charge in [-0.2, -0.15) is 0 Å². The van der Waals surface area contributed by atoms with Crippen LogP contribution in [-0.2, 0) is 4.74 Å². The lowest BCUT2D eigenvalue weighted by Gasteiger charge is -2.34. The first-order valence-corrected chi connectivity index (χ1v) is 13.1. The predicted octanol–water partition coefficient (Wildman–Crippen LogP) is 3.48. The summed E-state index contributed by atoms with van der Waals surface area (Å²) in [6.07, 6.45) is 0.794. The van der Waals surface area contributed by atoms with E-state index in [0.29, 0.717) is 12.4 Å². The molecule has 9 nitrogen and oxygen atoms in total. The number of methoxy groups -OCH3 is 1. The predicted molar refractivity (Wildman–Crippen MR) is 149 cm³/mol. The summed E-state index contributed by atoms with van der Waals surface area (Å²) in [5, 5.41) is 22.2. The van der Waals surface area contributed by atoms with Gasteiger partial charge in [0.2, 0.25) is 0 Å². The molecule has 1 fully saturated rings. The van der Waals surface area contributed by atoms with Crippen molar-refractivity contribution in [2.24, 2.45) is 0 Å². The average Bonchev–Trinajstić information content (AvgIpc) is 2.97. The number of carbonyl (C=O) groups excluding carboxylic acids is 2. The highest BCUT2D eigenvalue weighted by molar-refractivity contribution is 6.10. The van der Waals surface area contributed by atoms with E-state index in [1.165, 1.54) is 19.2 Å². The van der Waals surface area contributed by atoms with Gasteiger partial charge in [0, 0.05) is 45.9 Å². The lowest BCUT2D eigenvalue weighted by molar-refractivity contribution is 0.0602. The van der Waals surface area contributed by atoms with E-state index in [1.807, 2.05) is 30.3 Å². The molecule has 4 rings (SSSR count). The Balaban J connectivity index is 1.41. The zero-order valence-corrected chi connectivity index (χ0v) is 22.1. The summed E-state index contributed by atoms with van der Waals surface area (Å²) in [7, 11) is 1.28. The molecule has 3 aromatic carbocycles.